The summed E-state index contributed by atoms with van der Waals surface area (Å²) in [4.78, 5) is 13.9. The van der Waals surface area contributed by atoms with Crippen molar-refractivity contribution in [2.24, 2.45) is 0 Å². The summed E-state index contributed by atoms with van der Waals surface area (Å²) in [7, 11) is 0. The van der Waals surface area contributed by atoms with Gasteiger partial charge in [0.05, 0.1) is 6.54 Å². The van der Waals surface area contributed by atoms with Gasteiger partial charge >= 0.3 is 0 Å². The second kappa shape index (κ2) is 6.94. The van der Waals surface area contributed by atoms with Crippen molar-refractivity contribution in [1.29, 1.82) is 0 Å². The number of rotatable bonds is 4. The lowest BCUT2D eigenvalue weighted by Crippen LogP contribution is -2.44. The highest BCUT2D eigenvalue weighted by Gasteiger charge is 2.24. The van der Waals surface area contributed by atoms with E-state index < -0.39 is 0 Å². The molecule has 1 atom stereocenters. The van der Waals surface area contributed by atoms with Crippen LogP contribution >= 0.6 is 15.9 Å². The van der Waals surface area contributed by atoms with Gasteiger partial charge in [0.25, 0.3) is 0 Å². The molecule has 0 radical (unpaired) electrons. The van der Waals surface area contributed by atoms with Crippen LogP contribution in [0.1, 0.15) is 32.6 Å². The molecule has 0 saturated carbocycles. The first kappa shape index (κ1) is 14.4. The Labute approximate surface area is 123 Å². The number of carbonyl (C=O) groups is 1. The largest absolute Gasteiger partial charge is 0.489 e. The Kier molecular flexibility index (Phi) is 5.25. The van der Waals surface area contributed by atoms with Crippen LogP contribution in [-0.2, 0) is 4.79 Å². The van der Waals surface area contributed by atoms with Gasteiger partial charge in [-0.15, -0.1) is 0 Å². The molecule has 3 nitrogen and oxygen atoms in total. The number of nitrogens with zero attached hydrogens (tertiary/aromatic N) is 1. The first-order valence-electron chi connectivity index (χ1n) is 6.89. The van der Waals surface area contributed by atoms with Gasteiger partial charge in [0.2, 0.25) is 5.91 Å². The van der Waals surface area contributed by atoms with Crippen LogP contribution < -0.4 is 4.74 Å². The molecule has 1 aliphatic heterocycles. The van der Waals surface area contributed by atoms with Gasteiger partial charge < -0.3 is 9.64 Å². The third-order valence-electron chi connectivity index (χ3n) is 3.29. The minimum atomic E-state index is 0.115. The molecule has 0 bridgehead atoms. The molecule has 0 aromatic heterocycles. The van der Waals surface area contributed by atoms with Crippen molar-refractivity contribution in [2.45, 2.75) is 38.7 Å². The van der Waals surface area contributed by atoms with E-state index in [1.54, 1.807) is 0 Å². The van der Waals surface area contributed by atoms with E-state index in [0.29, 0.717) is 13.0 Å². The summed E-state index contributed by atoms with van der Waals surface area (Å²) in [6.07, 6.45) is 3.70. The predicted octanol–water partition coefficient (Wildman–Crippen LogP) is 3.62. The summed E-state index contributed by atoms with van der Waals surface area (Å²) >= 11 is 3.44. The molecule has 1 fully saturated rings. The van der Waals surface area contributed by atoms with Crippen molar-refractivity contribution in [2.75, 3.05) is 13.1 Å². The number of hydrogen-bond donors (Lipinski definition) is 0. The van der Waals surface area contributed by atoms with E-state index in [2.05, 4.69) is 15.9 Å². The van der Waals surface area contributed by atoms with Crippen LogP contribution in [0.4, 0.5) is 0 Å². The van der Waals surface area contributed by atoms with Gasteiger partial charge in [0, 0.05) is 17.4 Å². The maximum Gasteiger partial charge on any atom is 0.222 e. The summed E-state index contributed by atoms with van der Waals surface area (Å²) in [6.45, 7) is 3.62. The molecule has 1 unspecified atom stereocenters. The molecule has 19 heavy (non-hydrogen) atoms. The Morgan fingerprint density at radius 2 is 2.37 bits per heavy atom. The van der Waals surface area contributed by atoms with E-state index in [-0.39, 0.29) is 12.0 Å². The monoisotopic (exact) mass is 325 g/mol. The summed E-state index contributed by atoms with van der Waals surface area (Å²) in [5.74, 6) is 1.12. The van der Waals surface area contributed by atoms with E-state index >= 15 is 0 Å². The SMILES string of the molecule is CCCC(=O)N1CCCC(Oc2cccc(Br)c2)C1. The lowest BCUT2D eigenvalue weighted by Gasteiger charge is -2.33. The normalized spacial score (nSPS) is 19.3. The van der Waals surface area contributed by atoms with Crippen molar-refractivity contribution in [3.05, 3.63) is 28.7 Å². The fourth-order valence-corrected chi connectivity index (χ4v) is 2.74. The van der Waals surface area contributed by atoms with Crippen molar-refractivity contribution in [3.8, 4) is 5.75 Å². The van der Waals surface area contributed by atoms with E-state index in [4.69, 9.17) is 4.74 Å². The number of carbonyl (C=O) groups excluding carboxylic acids is 1. The van der Waals surface area contributed by atoms with Crippen LogP contribution in [0, 0.1) is 0 Å². The second-order valence-electron chi connectivity index (χ2n) is 4.93. The van der Waals surface area contributed by atoms with Crippen molar-refractivity contribution in [3.63, 3.8) is 0 Å². The molecule has 0 spiro atoms. The fourth-order valence-electron chi connectivity index (χ4n) is 2.37. The van der Waals surface area contributed by atoms with E-state index in [1.165, 1.54) is 0 Å². The number of halogens is 1. The lowest BCUT2D eigenvalue weighted by atomic mass is 10.1. The molecule has 2 rings (SSSR count). The Balaban J connectivity index is 1.92. The molecule has 4 heteroatoms. The summed E-state index contributed by atoms with van der Waals surface area (Å²) < 4.78 is 6.98. The number of likely N-dealkylation sites (tertiary alicyclic amines) is 1. The van der Waals surface area contributed by atoms with Gasteiger partial charge in [-0.25, -0.2) is 0 Å². The number of amides is 1. The minimum Gasteiger partial charge on any atom is -0.489 e. The zero-order chi connectivity index (χ0) is 13.7. The van der Waals surface area contributed by atoms with Crippen LogP contribution in [0.5, 0.6) is 5.75 Å². The highest BCUT2D eigenvalue weighted by molar-refractivity contribution is 9.10. The molecule has 1 aromatic carbocycles. The molecule has 0 aliphatic carbocycles. The lowest BCUT2D eigenvalue weighted by molar-refractivity contribution is -0.133. The first-order chi connectivity index (χ1) is 9.19. The third kappa shape index (κ3) is 4.23. The zero-order valence-corrected chi connectivity index (χ0v) is 12.9. The summed E-state index contributed by atoms with van der Waals surface area (Å²) in [5, 5.41) is 0. The maximum absolute atomic E-state index is 11.9. The molecule has 0 N–H and O–H groups in total. The van der Waals surface area contributed by atoms with E-state index in [0.717, 1.165) is 36.0 Å². The van der Waals surface area contributed by atoms with Crippen LogP contribution in [0.15, 0.2) is 28.7 Å². The summed E-state index contributed by atoms with van der Waals surface area (Å²) in [5.41, 5.74) is 0. The molecule has 1 aliphatic rings. The number of ether oxygens (including phenoxy) is 1. The van der Waals surface area contributed by atoms with E-state index in [1.807, 2.05) is 36.1 Å². The minimum absolute atomic E-state index is 0.115. The third-order valence-corrected chi connectivity index (χ3v) is 3.79. The average Bonchev–Trinajstić information content (AvgIpc) is 2.39. The van der Waals surface area contributed by atoms with Crippen molar-refractivity contribution in [1.82, 2.24) is 4.90 Å². The molecule has 104 valence electrons. The fraction of sp³-hybridized carbons (Fsp3) is 0.533. The Morgan fingerprint density at radius 3 is 3.11 bits per heavy atom. The molecule has 1 heterocycles. The molecular weight excluding hydrogens is 306 g/mol. The highest BCUT2D eigenvalue weighted by Crippen LogP contribution is 2.22. The Morgan fingerprint density at radius 1 is 1.53 bits per heavy atom. The quantitative estimate of drug-likeness (QED) is 0.846. The summed E-state index contributed by atoms with van der Waals surface area (Å²) in [6, 6.07) is 7.86. The van der Waals surface area contributed by atoms with Crippen LogP contribution in [-0.4, -0.2) is 30.0 Å². The molecule has 1 saturated heterocycles. The number of hydrogen-bond acceptors (Lipinski definition) is 2. The highest BCUT2D eigenvalue weighted by atomic mass is 79.9. The van der Waals surface area contributed by atoms with Crippen molar-refractivity contribution < 1.29 is 9.53 Å². The molecule has 1 amide bonds. The van der Waals surface area contributed by atoms with Gasteiger partial charge in [0.15, 0.2) is 0 Å². The van der Waals surface area contributed by atoms with E-state index in [9.17, 15) is 4.79 Å². The van der Waals surface area contributed by atoms with Gasteiger partial charge in [-0.2, -0.15) is 0 Å². The van der Waals surface area contributed by atoms with Crippen molar-refractivity contribution >= 4 is 21.8 Å². The number of benzene rings is 1. The second-order valence-corrected chi connectivity index (χ2v) is 5.84. The zero-order valence-electron chi connectivity index (χ0n) is 11.3. The topological polar surface area (TPSA) is 29.5 Å². The number of piperidine rings is 1. The maximum atomic E-state index is 11.9. The first-order valence-corrected chi connectivity index (χ1v) is 7.68. The Bertz CT molecular complexity index is 436. The molecule has 1 aromatic rings. The smallest absolute Gasteiger partial charge is 0.222 e. The van der Waals surface area contributed by atoms with Gasteiger partial charge in [-0.1, -0.05) is 28.9 Å². The van der Waals surface area contributed by atoms with Gasteiger partial charge in [-0.05, 0) is 37.5 Å². The van der Waals surface area contributed by atoms with Crippen LogP contribution in [0.2, 0.25) is 0 Å². The predicted molar refractivity (Wildman–Crippen MR) is 79.3 cm³/mol. The molecular formula is C15H20BrNO2. The Hall–Kier alpha value is -1.03. The van der Waals surface area contributed by atoms with Crippen LogP contribution in [0.3, 0.4) is 0 Å². The standard InChI is InChI=1S/C15H20BrNO2/c1-2-5-15(18)17-9-4-8-14(11-17)19-13-7-3-6-12(16)10-13/h3,6-7,10,14H,2,4-5,8-9,11H2,1H3. The van der Waals surface area contributed by atoms with Crippen LogP contribution in [0.25, 0.3) is 0 Å². The van der Waals surface area contributed by atoms with Gasteiger partial charge in [0.1, 0.15) is 11.9 Å². The van der Waals surface area contributed by atoms with Gasteiger partial charge in [-0.3, -0.25) is 4.79 Å². The average molecular weight is 326 g/mol.